The van der Waals surface area contributed by atoms with E-state index in [2.05, 4.69) is 6.07 Å². The van der Waals surface area contributed by atoms with Crippen molar-refractivity contribution in [3.8, 4) is 11.8 Å². The van der Waals surface area contributed by atoms with Crippen LogP contribution in [0.15, 0.2) is 18.2 Å². The van der Waals surface area contributed by atoms with Gasteiger partial charge in [0, 0.05) is 0 Å². The van der Waals surface area contributed by atoms with Crippen molar-refractivity contribution in [3.63, 3.8) is 0 Å². The number of benzene rings is 1. The molecule has 0 atom stereocenters. The van der Waals surface area contributed by atoms with Crippen LogP contribution in [-0.2, 0) is 6.42 Å². The normalized spacial score (nSPS) is 18.4. The van der Waals surface area contributed by atoms with Crippen LogP contribution >= 0.6 is 0 Å². The quantitative estimate of drug-likeness (QED) is 0.762. The third kappa shape index (κ3) is 3.07. The van der Waals surface area contributed by atoms with Gasteiger partial charge in [-0.05, 0) is 30.9 Å². The Kier molecular flexibility index (Phi) is 4.42. The first-order valence-electron chi connectivity index (χ1n) is 6.93. The highest BCUT2D eigenvalue weighted by atomic mass is 19.1. The van der Waals surface area contributed by atoms with Crippen LogP contribution in [-0.4, -0.2) is 7.11 Å². The third-order valence-corrected chi connectivity index (χ3v) is 4.09. The largest absolute Gasteiger partial charge is 0.494 e. The minimum absolute atomic E-state index is 0.263. The zero-order chi connectivity index (χ0) is 13.7. The van der Waals surface area contributed by atoms with Crippen LogP contribution in [0, 0.1) is 22.6 Å². The van der Waals surface area contributed by atoms with Crippen molar-refractivity contribution in [3.05, 3.63) is 29.6 Å². The molecule has 0 spiro atoms. The Hall–Kier alpha value is -1.56. The number of nitriles is 1. The lowest BCUT2D eigenvalue weighted by atomic mass is 9.76. The average molecular weight is 261 g/mol. The van der Waals surface area contributed by atoms with E-state index in [1.807, 2.05) is 0 Å². The van der Waals surface area contributed by atoms with Gasteiger partial charge in [-0.2, -0.15) is 5.26 Å². The van der Waals surface area contributed by atoms with Gasteiger partial charge in [-0.25, -0.2) is 4.39 Å². The lowest BCUT2D eigenvalue weighted by Gasteiger charge is -2.25. The first-order chi connectivity index (χ1) is 9.21. The summed E-state index contributed by atoms with van der Waals surface area (Å²) in [5.41, 5.74) is 0.201. The van der Waals surface area contributed by atoms with Gasteiger partial charge in [-0.1, -0.05) is 37.8 Å². The van der Waals surface area contributed by atoms with Crippen molar-refractivity contribution in [2.75, 3.05) is 7.11 Å². The van der Waals surface area contributed by atoms with Gasteiger partial charge in [0.25, 0.3) is 0 Å². The summed E-state index contributed by atoms with van der Waals surface area (Å²) in [7, 11) is 1.47. The molecule has 0 aromatic heterocycles. The van der Waals surface area contributed by atoms with Crippen LogP contribution in [0.25, 0.3) is 0 Å². The average Bonchev–Trinajstić information content (AvgIpc) is 2.67. The zero-order valence-electron chi connectivity index (χ0n) is 11.4. The van der Waals surface area contributed by atoms with Crippen LogP contribution in [0.4, 0.5) is 4.39 Å². The number of halogens is 1. The van der Waals surface area contributed by atoms with Crippen LogP contribution in [0.1, 0.15) is 44.1 Å². The highest BCUT2D eigenvalue weighted by molar-refractivity contribution is 5.32. The van der Waals surface area contributed by atoms with E-state index in [1.54, 1.807) is 18.2 Å². The Labute approximate surface area is 114 Å². The number of methoxy groups -OCH3 is 1. The lowest BCUT2D eigenvalue weighted by Crippen LogP contribution is -2.21. The van der Waals surface area contributed by atoms with Gasteiger partial charge in [-0.3, -0.25) is 0 Å². The maximum absolute atomic E-state index is 14.2. The number of rotatable bonds is 3. The van der Waals surface area contributed by atoms with Crippen molar-refractivity contribution >= 4 is 0 Å². The third-order valence-electron chi connectivity index (χ3n) is 4.09. The summed E-state index contributed by atoms with van der Waals surface area (Å²) in [5.74, 6) is -0.0527. The molecule has 102 valence electrons. The highest BCUT2D eigenvalue weighted by Crippen LogP contribution is 2.38. The second-order valence-corrected chi connectivity index (χ2v) is 5.42. The van der Waals surface area contributed by atoms with Crippen LogP contribution in [0.5, 0.6) is 5.75 Å². The van der Waals surface area contributed by atoms with Gasteiger partial charge in [0.15, 0.2) is 11.6 Å². The number of hydrogen-bond acceptors (Lipinski definition) is 2. The van der Waals surface area contributed by atoms with E-state index in [0.717, 1.165) is 25.7 Å². The number of ether oxygens (including phenoxy) is 1. The molecule has 0 unspecified atom stereocenters. The molecule has 1 aliphatic rings. The number of hydrogen-bond donors (Lipinski definition) is 0. The molecule has 2 nitrogen and oxygen atoms in total. The summed E-state index contributed by atoms with van der Waals surface area (Å²) < 4.78 is 19.2. The second kappa shape index (κ2) is 6.06. The zero-order valence-corrected chi connectivity index (χ0v) is 11.4. The predicted molar refractivity (Wildman–Crippen MR) is 72.4 cm³/mol. The summed E-state index contributed by atoms with van der Waals surface area (Å²) in [4.78, 5) is 0. The molecule has 0 heterocycles. The minimum Gasteiger partial charge on any atom is -0.494 e. The summed E-state index contributed by atoms with van der Waals surface area (Å²) in [6.07, 6.45) is 6.75. The predicted octanol–water partition coefficient (Wildman–Crippen LogP) is 4.24. The molecule has 0 saturated heterocycles. The van der Waals surface area contributed by atoms with Crippen molar-refractivity contribution in [2.45, 2.75) is 44.9 Å². The van der Waals surface area contributed by atoms with Gasteiger partial charge in [0.05, 0.1) is 18.6 Å². The molecular weight excluding hydrogens is 241 g/mol. The van der Waals surface area contributed by atoms with E-state index in [4.69, 9.17) is 4.74 Å². The molecule has 0 bridgehead atoms. The van der Waals surface area contributed by atoms with Gasteiger partial charge in [0.1, 0.15) is 0 Å². The Morgan fingerprint density at radius 1 is 1.26 bits per heavy atom. The van der Waals surface area contributed by atoms with Crippen LogP contribution in [0.3, 0.4) is 0 Å². The second-order valence-electron chi connectivity index (χ2n) is 5.42. The van der Waals surface area contributed by atoms with Gasteiger partial charge in [0.2, 0.25) is 0 Å². The maximum Gasteiger partial charge on any atom is 0.168 e. The Morgan fingerprint density at radius 2 is 1.95 bits per heavy atom. The molecule has 2 rings (SSSR count). The lowest BCUT2D eigenvalue weighted by molar-refractivity contribution is 0.329. The minimum atomic E-state index is -0.399. The topological polar surface area (TPSA) is 33.0 Å². The van der Waals surface area contributed by atoms with E-state index >= 15 is 0 Å². The van der Waals surface area contributed by atoms with Crippen molar-refractivity contribution in [1.29, 1.82) is 5.26 Å². The van der Waals surface area contributed by atoms with E-state index in [-0.39, 0.29) is 11.6 Å². The van der Waals surface area contributed by atoms with Crippen molar-refractivity contribution in [1.82, 2.24) is 0 Å². The van der Waals surface area contributed by atoms with E-state index in [9.17, 15) is 9.65 Å². The first-order valence-corrected chi connectivity index (χ1v) is 6.93. The fourth-order valence-electron chi connectivity index (χ4n) is 2.95. The molecule has 1 aromatic rings. The first kappa shape index (κ1) is 13.9. The fraction of sp³-hybridized carbons (Fsp3) is 0.562. The summed E-state index contributed by atoms with van der Waals surface area (Å²) in [5, 5.41) is 9.54. The van der Waals surface area contributed by atoms with E-state index in [1.165, 1.54) is 20.0 Å². The summed E-state index contributed by atoms with van der Waals surface area (Å²) in [6.45, 7) is 0. The molecule has 1 saturated carbocycles. The fourth-order valence-corrected chi connectivity index (χ4v) is 2.95. The van der Waals surface area contributed by atoms with Gasteiger partial charge in [-0.15, -0.1) is 0 Å². The Bertz CT molecular complexity index is 470. The highest BCUT2D eigenvalue weighted by Gasteiger charge is 2.32. The SMILES string of the molecule is COc1cccc(CC2(C#N)CCCCCC2)c1F. The van der Waals surface area contributed by atoms with Gasteiger partial charge >= 0.3 is 0 Å². The maximum atomic E-state index is 14.2. The van der Waals surface area contributed by atoms with E-state index < -0.39 is 5.41 Å². The van der Waals surface area contributed by atoms with Crippen molar-refractivity contribution < 1.29 is 9.13 Å². The standard InChI is InChI=1S/C16H20FNO/c1-19-14-8-6-7-13(15(14)17)11-16(12-18)9-4-2-3-5-10-16/h6-8H,2-5,9-11H2,1H3. The smallest absolute Gasteiger partial charge is 0.168 e. The molecule has 1 fully saturated rings. The molecule has 0 aliphatic heterocycles. The molecule has 0 radical (unpaired) electrons. The Morgan fingerprint density at radius 3 is 2.53 bits per heavy atom. The molecule has 19 heavy (non-hydrogen) atoms. The summed E-state index contributed by atoms with van der Waals surface area (Å²) >= 11 is 0. The van der Waals surface area contributed by atoms with Crippen molar-refractivity contribution in [2.24, 2.45) is 5.41 Å². The Balaban J connectivity index is 2.25. The molecule has 0 amide bonds. The molecule has 1 aromatic carbocycles. The van der Waals surface area contributed by atoms with E-state index in [0.29, 0.717) is 12.0 Å². The molecule has 1 aliphatic carbocycles. The van der Waals surface area contributed by atoms with Gasteiger partial charge < -0.3 is 4.74 Å². The molecule has 0 N–H and O–H groups in total. The molecule has 3 heteroatoms. The van der Waals surface area contributed by atoms with Crippen LogP contribution in [0.2, 0.25) is 0 Å². The number of nitrogens with zero attached hydrogens (tertiary/aromatic N) is 1. The monoisotopic (exact) mass is 261 g/mol. The van der Waals surface area contributed by atoms with Crippen LogP contribution < -0.4 is 4.74 Å². The molecular formula is C16H20FNO. The summed E-state index contributed by atoms with van der Waals surface area (Å²) in [6, 6.07) is 7.64.